The zero-order chi connectivity index (χ0) is 15.6. The Balaban J connectivity index is 3.40. The summed E-state index contributed by atoms with van der Waals surface area (Å²) in [6.45, 7) is 12.2. The number of nitrogens with zero attached hydrogens (tertiary/aromatic N) is 2. The fraction of sp³-hybridized carbons (Fsp3) is 0.429. The first-order valence-electron chi connectivity index (χ1n) is 5.91. The molecule has 0 saturated carbocycles. The van der Waals surface area contributed by atoms with E-state index >= 15 is 0 Å². The highest BCUT2D eigenvalue weighted by Gasteiger charge is 2.34. The molecule has 0 N–H and O–H groups in total. The molecule has 0 spiro atoms. The number of carbonyl (C=O) groups excluding carboxylic acids is 1. The maximum Gasteiger partial charge on any atom is 0.407 e. The van der Waals surface area contributed by atoms with Crippen molar-refractivity contribution in [3.63, 3.8) is 0 Å². The number of hydrogen-bond acceptors (Lipinski definition) is 2. The smallest absolute Gasteiger partial charge is 0.360 e. The summed E-state index contributed by atoms with van der Waals surface area (Å²) in [5.74, 6) is 0. The standard InChI is InChI=1S/C14H15F3N2O/c1-13(2,3)19(7-8-20)10-5-6-12(18-4)11(9-10)14(15,16)17/h5-6,8-9H,7H2,1-3H3. The van der Waals surface area contributed by atoms with Gasteiger partial charge in [0.25, 0.3) is 0 Å². The van der Waals surface area contributed by atoms with Crippen LogP contribution in [-0.4, -0.2) is 18.4 Å². The van der Waals surface area contributed by atoms with Gasteiger partial charge in [-0.1, -0.05) is 6.07 Å². The third-order valence-electron chi connectivity index (χ3n) is 2.78. The van der Waals surface area contributed by atoms with Gasteiger partial charge in [-0.3, -0.25) is 0 Å². The minimum absolute atomic E-state index is 0.0157. The summed E-state index contributed by atoms with van der Waals surface area (Å²) in [5.41, 5.74) is -1.67. The molecule has 1 aromatic carbocycles. The Hall–Kier alpha value is -2.03. The van der Waals surface area contributed by atoms with E-state index in [2.05, 4.69) is 4.85 Å². The van der Waals surface area contributed by atoms with E-state index in [1.807, 2.05) is 0 Å². The first-order valence-corrected chi connectivity index (χ1v) is 5.91. The SMILES string of the molecule is [C-]#[N+]c1ccc(N(CC=O)C(C)(C)C)cc1C(F)(F)F. The van der Waals surface area contributed by atoms with Crippen LogP contribution in [0.2, 0.25) is 0 Å². The molecule has 6 heteroatoms. The summed E-state index contributed by atoms with van der Waals surface area (Å²) in [4.78, 5) is 15.2. The minimum atomic E-state index is -4.60. The lowest BCUT2D eigenvalue weighted by molar-refractivity contribution is -0.136. The number of alkyl halides is 3. The third-order valence-corrected chi connectivity index (χ3v) is 2.78. The van der Waals surface area contributed by atoms with Gasteiger partial charge in [0.1, 0.15) is 6.29 Å². The highest BCUT2D eigenvalue weighted by atomic mass is 19.4. The largest absolute Gasteiger partial charge is 0.407 e. The number of carbonyl (C=O) groups is 1. The van der Waals surface area contributed by atoms with Gasteiger partial charge in [0.15, 0.2) is 5.69 Å². The highest BCUT2D eigenvalue weighted by molar-refractivity contribution is 5.67. The molecule has 0 aliphatic heterocycles. The molecule has 0 unspecified atom stereocenters. The lowest BCUT2D eigenvalue weighted by Gasteiger charge is -2.36. The summed E-state index contributed by atoms with van der Waals surface area (Å²) >= 11 is 0. The first kappa shape index (κ1) is 16.0. The van der Waals surface area contributed by atoms with Crippen LogP contribution in [-0.2, 0) is 11.0 Å². The zero-order valence-corrected chi connectivity index (χ0v) is 11.5. The topological polar surface area (TPSA) is 24.7 Å². The molecule has 0 aliphatic carbocycles. The lowest BCUT2D eigenvalue weighted by Crippen LogP contribution is -2.42. The van der Waals surface area contributed by atoms with Crippen LogP contribution in [0.15, 0.2) is 18.2 Å². The van der Waals surface area contributed by atoms with Crippen molar-refractivity contribution in [3.05, 3.63) is 35.2 Å². The molecule has 0 heterocycles. The average molecular weight is 284 g/mol. The normalized spacial score (nSPS) is 11.8. The van der Waals surface area contributed by atoms with Crippen molar-refractivity contribution in [3.8, 4) is 0 Å². The second-order valence-corrected chi connectivity index (χ2v) is 5.26. The van der Waals surface area contributed by atoms with Crippen LogP contribution < -0.4 is 4.90 Å². The molecule has 0 atom stereocenters. The van der Waals surface area contributed by atoms with Gasteiger partial charge in [0.2, 0.25) is 0 Å². The van der Waals surface area contributed by atoms with Gasteiger partial charge in [-0.25, -0.2) is 4.85 Å². The predicted octanol–water partition coefficient (Wildman–Crippen LogP) is 4.06. The van der Waals surface area contributed by atoms with Gasteiger partial charge in [0, 0.05) is 11.2 Å². The summed E-state index contributed by atoms with van der Waals surface area (Å²) < 4.78 is 38.8. The van der Waals surface area contributed by atoms with Crippen LogP contribution >= 0.6 is 0 Å². The Kier molecular flexibility index (Phi) is 4.43. The Bertz CT molecular complexity index is 539. The molecule has 20 heavy (non-hydrogen) atoms. The summed E-state index contributed by atoms with van der Waals surface area (Å²) in [5, 5.41) is 0. The molecule has 108 valence electrons. The quantitative estimate of drug-likeness (QED) is 0.617. The lowest BCUT2D eigenvalue weighted by atomic mass is 10.0. The van der Waals surface area contributed by atoms with E-state index in [1.165, 1.54) is 6.07 Å². The Morgan fingerprint density at radius 1 is 1.30 bits per heavy atom. The summed E-state index contributed by atoms with van der Waals surface area (Å²) in [6.07, 6.45) is -3.96. The van der Waals surface area contributed by atoms with Crippen LogP contribution in [0.1, 0.15) is 26.3 Å². The summed E-state index contributed by atoms with van der Waals surface area (Å²) in [7, 11) is 0. The molecule has 1 rings (SSSR count). The molecule has 0 aromatic heterocycles. The van der Waals surface area contributed by atoms with Crippen molar-refractivity contribution >= 4 is 17.7 Å². The van der Waals surface area contributed by atoms with Crippen molar-refractivity contribution < 1.29 is 18.0 Å². The number of aldehydes is 1. The number of halogens is 3. The summed E-state index contributed by atoms with van der Waals surface area (Å²) in [6, 6.07) is 3.48. The van der Waals surface area contributed by atoms with E-state index in [-0.39, 0.29) is 12.2 Å². The molecule has 0 bridgehead atoms. The second-order valence-electron chi connectivity index (χ2n) is 5.26. The zero-order valence-electron chi connectivity index (χ0n) is 11.5. The molecule has 3 nitrogen and oxygen atoms in total. The molecule has 1 aromatic rings. The van der Waals surface area contributed by atoms with E-state index in [9.17, 15) is 18.0 Å². The van der Waals surface area contributed by atoms with Gasteiger partial charge in [-0.15, -0.1) is 0 Å². The van der Waals surface area contributed by atoms with E-state index in [1.54, 1.807) is 25.7 Å². The van der Waals surface area contributed by atoms with Crippen LogP contribution in [0.25, 0.3) is 4.85 Å². The van der Waals surface area contributed by atoms with Gasteiger partial charge >= 0.3 is 6.18 Å². The number of benzene rings is 1. The van der Waals surface area contributed by atoms with Crippen molar-refractivity contribution in [2.24, 2.45) is 0 Å². The monoisotopic (exact) mass is 284 g/mol. The van der Waals surface area contributed by atoms with Crippen LogP contribution in [0, 0.1) is 6.57 Å². The van der Waals surface area contributed by atoms with E-state index in [0.29, 0.717) is 6.29 Å². The van der Waals surface area contributed by atoms with E-state index in [4.69, 9.17) is 6.57 Å². The molecular weight excluding hydrogens is 269 g/mol. The molecular formula is C14H15F3N2O. The van der Waals surface area contributed by atoms with Crippen molar-refractivity contribution in [2.45, 2.75) is 32.5 Å². The molecule has 0 aliphatic rings. The van der Waals surface area contributed by atoms with Crippen LogP contribution in [0.5, 0.6) is 0 Å². The van der Waals surface area contributed by atoms with Gasteiger partial charge in [0.05, 0.1) is 18.7 Å². The predicted molar refractivity (Wildman–Crippen MR) is 70.9 cm³/mol. The molecule has 0 amide bonds. The third kappa shape index (κ3) is 3.50. The molecule has 0 fully saturated rings. The molecule has 0 radical (unpaired) electrons. The number of anilines is 1. The fourth-order valence-electron chi connectivity index (χ4n) is 1.86. The Labute approximate surface area is 115 Å². The second kappa shape index (κ2) is 5.53. The maximum absolute atomic E-state index is 12.9. The number of hydrogen-bond donors (Lipinski definition) is 0. The Morgan fingerprint density at radius 3 is 2.30 bits per heavy atom. The van der Waals surface area contributed by atoms with Crippen molar-refractivity contribution in [1.29, 1.82) is 0 Å². The fourth-order valence-corrected chi connectivity index (χ4v) is 1.86. The van der Waals surface area contributed by atoms with Crippen LogP contribution in [0.4, 0.5) is 24.5 Å². The average Bonchev–Trinajstić information content (AvgIpc) is 2.32. The van der Waals surface area contributed by atoms with Crippen LogP contribution in [0.3, 0.4) is 0 Å². The van der Waals surface area contributed by atoms with Crippen molar-refractivity contribution in [2.75, 3.05) is 11.4 Å². The van der Waals surface area contributed by atoms with Gasteiger partial charge in [-0.2, -0.15) is 13.2 Å². The minimum Gasteiger partial charge on any atom is -0.360 e. The van der Waals surface area contributed by atoms with Crippen molar-refractivity contribution in [1.82, 2.24) is 0 Å². The molecule has 0 saturated heterocycles. The first-order chi connectivity index (χ1) is 9.11. The Morgan fingerprint density at radius 2 is 1.90 bits per heavy atom. The van der Waals surface area contributed by atoms with Gasteiger partial charge < -0.3 is 9.69 Å². The van der Waals surface area contributed by atoms with E-state index in [0.717, 1.165) is 12.1 Å². The highest BCUT2D eigenvalue weighted by Crippen LogP contribution is 2.39. The maximum atomic E-state index is 12.9. The van der Waals surface area contributed by atoms with Gasteiger partial charge in [-0.05, 0) is 32.9 Å². The van der Waals surface area contributed by atoms with E-state index < -0.39 is 23.0 Å². The number of rotatable bonds is 3.